The second-order valence-corrected chi connectivity index (χ2v) is 6.62. The molecule has 1 aliphatic carbocycles. The number of hydrogen-bond acceptors (Lipinski definition) is 2. The van der Waals surface area contributed by atoms with Gasteiger partial charge in [0.15, 0.2) is 0 Å². The van der Waals surface area contributed by atoms with E-state index in [-0.39, 0.29) is 23.7 Å². The second kappa shape index (κ2) is 7.64. The summed E-state index contributed by atoms with van der Waals surface area (Å²) in [7, 11) is 0. The minimum atomic E-state index is -0.235. The summed E-state index contributed by atoms with van der Waals surface area (Å²) < 4.78 is 13.5. The van der Waals surface area contributed by atoms with Crippen LogP contribution in [-0.2, 0) is 11.2 Å². The monoisotopic (exact) mass is 333 g/mol. The fourth-order valence-corrected chi connectivity index (χ4v) is 3.00. The number of likely N-dealkylation sites (tertiary alicyclic amines) is 1. The molecular weight excluding hydrogens is 309 g/mol. The van der Waals surface area contributed by atoms with Crippen molar-refractivity contribution in [2.75, 3.05) is 19.6 Å². The number of nitrogens with one attached hydrogen (secondary N) is 2. The van der Waals surface area contributed by atoms with E-state index in [1.54, 1.807) is 23.1 Å². The van der Waals surface area contributed by atoms with Crippen molar-refractivity contribution >= 4 is 11.9 Å². The lowest BCUT2D eigenvalue weighted by Gasteiger charge is -2.31. The van der Waals surface area contributed by atoms with Gasteiger partial charge >= 0.3 is 6.03 Å². The van der Waals surface area contributed by atoms with Crippen molar-refractivity contribution in [2.45, 2.75) is 38.1 Å². The molecule has 0 unspecified atom stereocenters. The SMILES string of the molecule is O=C(NCCc1ccccc1F)C1CCN(C(=O)NC2CC2)CC1. The smallest absolute Gasteiger partial charge is 0.317 e. The van der Waals surface area contributed by atoms with Crippen LogP contribution in [0.2, 0.25) is 0 Å². The minimum absolute atomic E-state index is 0.00379. The van der Waals surface area contributed by atoms with Crippen molar-refractivity contribution in [1.82, 2.24) is 15.5 Å². The van der Waals surface area contributed by atoms with E-state index in [4.69, 9.17) is 0 Å². The van der Waals surface area contributed by atoms with Gasteiger partial charge in [0.1, 0.15) is 5.82 Å². The van der Waals surface area contributed by atoms with Crippen molar-refractivity contribution in [3.63, 3.8) is 0 Å². The maximum Gasteiger partial charge on any atom is 0.317 e. The highest BCUT2D eigenvalue weighted by Gasteiger charge is 2.30. The van der Waals surface area contributed by atoms with Gasteiger partial charge in [0.2, 0.25) is 5.91 Å². The van der Waals surface area contributed by atoms with Crippen molar-refractivity contribution < 1.29 is 14.0 Å². The Labute approximate surface area is 141 Å². The molecule has 3 amide bonds. The summed E-state index contributed by atoms with van der Waals surface area (Å²) in [5.74, 6) is -0.286. The maximum atomic E-state index is 13.5. The van der Waals surface area contributed by atoms with Crippen LogP contribution < -0.4 is 10.6 Å². The van der Waals surface area contributed by atoms with E-state index < -0.39 is 0 Å². The Hall–Kier alpha value is -2.11. The molecule has 0 aromatic heterocycles. The van der Waals surface area contributed by atoms with Crippen LogP contribution in [0.5, 0.6) is 0 Å². The van der Waals surface area contributed by atoms with Crippen LogP contribution in [0.1, 0.15) is 31.2 Å². The Morgan fingerprint density at radius 3 is 2.50 bits per heavy atom. The zero-order valence-corrected chi connectivity index (χ0v) is 13.8. The van der Waals surface area contributed by atoms with Gasteiger partial charge in [0.25, 0.3) is 0 Å². The van der Waals surface area contributed by atoms with Crippen LogP contribution in [0.4, 0.5) is 9.18 Å². The van der Waals surface area contributed by atoms with Crippen molar-refractivity contribution in [2.24, 2.45) is 5.92 Å². The number of carbonyl (C=O) groups excluding carboxylic acids is 2. The number of urea groups is 1. The molecule has 1 aromatic carbocycles. The van der Waals surface area contributed by atoms with Crippen molar-refractivity contribution in [3.05, 3.63) is 35.6 Å². The Balaban J connectivity index is 1.37. The van der Waals surface area contributed by atoms with Crippen LogP contribution in [0, 0.1) is 11.7 Å². The number of rotatable bonds is 5. The van der Waals surface area contributed by atoms with Crippen LogP contribution in [0.25, 0.3) is 0 Å². The third-order valence-corrected chi connectivity index (χ3v) is 4.71. The normalized spacial score (nSPS) is 18.3. The van der Waals surface area contributed by atoms with E-state index in [0.29, 0.717) is 50.5 Å². The highest BCUT2D eigenvalue weighted by atomic mass is 19.1. The maximum absolute atomic E-state index is 13.5. The fourth-order valence-electron chi connectivity index (χ4n) is 3.00. The van der Waals surface area contributed by atoms with E-state index in [1.165, 1.54) is 6.07 Å². The van der Waals surface area contributed by atoms with Gasteiger partial charge in [-0.15, -0.1) is 0 Å². The molecule has 3 rings (SSSR count). The molecule has 2 N–H and O–H groups in total. The summed E-state index contributed by atoms with van der Waals surface area (Å²) in [6.45, 7) is 1.66. The zero-order valence-electron chi connectivity index (χ0n) is 13.8. The summed E-state index contributed by atoms with van der Waals surface area (Å²) in [6.07, 6.45) is 4.01. The number of nitrogens with zero attached hydrogens (tertiary/aromatic N) is 1. The molecule has 130 valence electrons. The third kappa shape index (κ3) is 4.46. The van der Waals surface area contributed by atoms with Crippen LogP contribution in [0.15, 0.2) is 24.3 Å². The summed E-state index contributed by atoms with van der Waals surface area (Å²) >= 11 is 0. The number of piperidine rings is 1. The Bertz CT molecular complexity index is 596. The first-order valence-electron chi connectivity index (χ1n) is 8.70. The van der Waals surface area contributed by atoms with Crippen LogP contribution in [0.3, 0.4) is 0 Å². The largest absolute Gasteiger partial charge is 0.356 e. The molecule has 6 heteroatoms. The van der Waals surface area contributed by atoms with E-state index in [9.17, 15) is 14.0 Å². The Morgan fingerprint density at radius 1 is 1.12 bits per heavy atom. The summed E-state index contributed by atoms with van der Waals surface area (Å²) in [5, 5.41) is 5.87. The number of amides is 3. The Kier molecular flexibility index (Phi) is 5.33. The lowest BCUT2D eigenvalue weighted by molar-refractivity contribution is -0.126. The standard InChI is InChI=1S/C18H24FN3O2/c19-16-4-2-1-3-13(16)7-10-20-17(23)14-8-11-22(12-9-14)18(24)21-15-5-6-15/h1-4,14-15H,5-12H2,(H,20,23)(H,21,24). The van der Waals surface area contributed by atoms with Gasteiger partial charge in [-0.2, -0.15) is 0 Å². The van der Waals surface area contributed by atoms with E-state index in [0.717, 1.165) is 12.8 Å². The number of halogens is 1. The second-order valence-electron chi connectivity index (χ2n) is 6.62. The van der Waals surface area contributed by atoms with Gasteiger partial charge in [0, 0.05) is 31.6 Å². The van der Waals surface area contributed by atoms with E-state index in [2.05, 4.69) is 10.6 Å². The molecule has 0 radical (unpaired) electrons. The molecule has 2 fully saturated rings. The molecule has 1 saturated heterocycles. The third-order valence-electron chi connectivity index (χ3n) is 4.71. The highest BCUT2D eigenvalue weighted by molar-refractivity contribution is 5.79. The van der Waals surface area contributed by atoms with Crippen molar-refractivity contribution in [1.29, 1.82) is 0 Å². The average Bonchev–Trinajstić information content (AvgIpc) is 3.40. The number of hydrogen-bond donors (Lipinski definition) is 2. The predicted molar refractivity (Wildman–Crippen MR) is 89.0 cm³/mol. The molecule has 0 atom stereocenters. The first-order valence-corrected chi connectivity index (χ1v) is 8.70. The lowest BCUT2D eigenvalue weighted by atomic mass is 9.96. The summed E-state index contributed by atoms with van der Waals surface area (Å²) in [5.41, 5.74) is 0.615. The molecule has 2 aliphatic rings. The van der Waals surface area contributed by atoms with Crippen LogP contribution in [-0.4, -0.2) is 42.5 Å². The fraction of sp³-hybridized carbons (Fsp3) is 0.556. The molecule has 24 heavy (non-hydrogen) atoms. The van der Waals surface area contributed by atoms with Gasteiger partial charge in [-0.1, -0.05) is 18.2 Å². The van der Waals surface area contributed by atoms with Gasteiger partial charge < -0.3 is 15.5 Å². The molecule has 0 bridgehead atoms. The predicted octanol–water partition coefficient (Wildman–Crippen LogP) is 2.07. The van der Waals surface area contributed by atoms with Gasteiger partial charge in [-0.3, -0.25) is 4.79 Å². The van der Waals surface area contributed by atoms with E-state index in [1.807, 2.05) is 0 Å². The zero-order chi connectivity index (χ0) is 16.9. The number of benzene rings is 1. The topological polar surface area (TPSA) is 61.4 Å². The molecule has 5 nitrogen and oxygen atoms in total. The van der Waals surface area contributed by atoms with Crippen molar-refractivity contribution in [3.8, 4) is 0 Å². The molecule has 0 spiro atoms. The van der Waals surface area contributed by atoms with Crippen LogP contribution >= 0.6 is 0 Å². The molecular formula is C18H24FN3O2. The minimum Gasteiger partial charge on any atom is -0.356 e. The number of carbonyl (C=O) groups is 2. The molecule has 1 aromatic rings. The first kappa shape index (κ1) is 16.7. The molecule has 1 heterocycles. The Morgan fingerprint density at radius 2 is 1.83 bits per heavy atom. The highest BCUT2D eigenvalue weighted by Crippen LogP contribution is 2.21. The summed E-state index contributed by atoms with van der Waals surface area (Å²) in [6, 6.07) is 6.97. The first-order chi connectivity index (χ1) is 11.6. The van der Waals surface area contributed by atoms with Gasteiger partial charge in [-0.05, 0) is 43.7 Å². The lowest BCUT2D eigenvalue weighted by Crippen LogP contribution is -2.47. The van der Waals surface area contributed by atoms with Gasteiger partial charge in [0.05, 0.1) is 0 Å². The average molecular weight is 333 g/mol. The van der Waals surface area contributed by atoms with E-state index >= 15 is 0 Å². The quantitative estimate of drug-likeness (QED) is 0.866. The molecule has 1 saturated carbocycles. The van der Waals surface area contributed by atoms with Gasteiger partial charge in [-0.25, -0.2) is 9.18 Å². The summed E-state index contributed by atoms with van der Waals surface area (Å²) in [4.78, 5) is 26.0. The molecule has 1 aliphatic heterocycles.